The molecule has 0 aliphatic carbocycles. The Balaban J connectivity index is 1.60. The van der Waals surface area contributed by atoms with Gasteiger partial charge in [0, 0.05) is 42.3 Å². The number of aliphatic imine (C=N–C) groups is 1. The fourth-order valence-electron chi connectivity index (χ4n) is 5.15. The first-order chi connectivity index (χ1) is 17.8. The van der Waals surface area contributed by atoms with E-state index in [0.29, 0.717) is 6.54 Å². The minimum Gasteiger partial charge on any atom is -0.281 e. The Bertz CT molecular complexity index is 1880. The molecule has 0 saturated carbocycles. The van der Waals surface area contributed by atoms with E-state index in [0.717, 1.165) is 28.4 Å². The number of anilines is 1. The summed E-state index contributed by atoms with van der Waals surface area (Å²) in [6.45, 7) is 5.01. The highest BCUT2D eigenvalue weighted by molar-refractivity contribution is 7.25. The van der Waals surface area contributed by atoms with Crippen molar-refractivity contribution < 1.29 is 0 Å². The maximum absolute atomic E-state index is 5.14. The van der Waals surface area contributed by atoms with Crippen LogP contribution in [0.3, 0.4) is 0 Å². The highest BCUT2D eigenvalue weighted by Crippen LogP contribution is 2.40. The molecule has 2 aromatic heterocycles. The van der Waals surface area contributed by atoms with Crippen molar-refractivity contribution in [1.29, 1.82) is 0 Å². The van der Waals surface area contributed by atoms with Crippen molar-refractivity contribution in [3.63, 3.8) is 0 Å². The summed E-state index contributed by atoms with van der Waals surface area (Å²) in [6.07, 6.45) is 8.19. The fraction of sp³-hybridized carbons (Fsp3) is 0.0312. The number of nitrogens with zero attached hydrogens (tertiary/aromatic N) is 3. The lowest BCUT2D eigenvalue weighted by atomic mass is 10.1. The average Bonchev–Trinajstić information content (AvgIpc) is 3.46. The number of rotatable bonds is 1. The lowest BCUT2D eigenvalue weighted by molar-refractivity contribution is 1.09. The second-order valence-corrected chi connectivity index (χ2v) is 9.99. The number of allylic oxidation sites excluding steroid dienone is 3. The Morgan fingerprint density at radius 2 is 1.47 bits per heavy atom. The van der Waals surface area contributed by atoms with E-state index < -0.39 is 0 Å². The van der Waals surface area contributed by atoms with Crippen molar-refractivity contribution in [2.45, 2.75) is 0 Å². The number of thiophene rings is 1. The van der Waals surface area contributed by atoms with E-state index >= 15 is 0 Å². The average molecular weight is 482 g/mol. The molecule has 1 aliphatic heterocycles. The van der Waals surface area contributed by atoms with Gasteiger partial charge in [-0.15, -0.1) is 11.3 Å². The zero-order valence-corrected chi connectivity index (χ0v) is 20.5. The van der Waals surface area contributed by atoms with Crippen LogP contribution >= 0.6 is 11.3 Å². The van der Waals surface area contributed by atoms with Crippen molar-refractivity contribution in [3.05, 3.63) is 128 Å². The Hall–Kier alpha value is -4.41. The Kier molecular flexibility index (Phi) is 4.86. The summed E-state index contributed by atoms with van der Waals surface area (Å²) in [5.41, 5.74) is 4.17. The lowest BCUT2D eigenvalue weighted by Gasteiger charge is -2.28. The van der Waals surface area contributed by atoms with E-state index in [9.17, 15) is 0 Å². The monoisotopic (exact) mass is 481 g/mol. The second-order valence-electron chi connectivity index (χ2n) is 8.91. The Morgan fingerprint density at radius 3 is 2.36 bits per heavy atom. The third-order valence-corrected chi connectivity index (χ3v) is 7.88. The van der Waals surface area contributed by atoms with Gasteiger partial charge in [0.25, 0.3) is 0 Å². The van der Waals surface area contributed by atoms with Crippen LogP contribution in [0.15, 0.2) is 133 Å². The first-order valence-corrected chi connectivity index (χ1v) is 12.9. The zero-order chi connectivity index (χ0) is 24.1. The smallest absolute Gasteiger partial charge is 0.215 e. The first kappa shape index (κ1) is 20.9. The van der Waals surface area contributed by atoms with Gasteiger partial charge in [-0.2, -0.15) is 0 Å². The summed E-state index contributed by atoms with van der Waals surface area (Å²) in [6, 6.07) is 32.4. The molecule has 1 aliphatic rings. The van der Waals surface area contributed by atoms with Crippen molar-refractivity contribution in [1.82, 2.24) is 4.57 Å². The van der Waals surface area contributed by atoms with Crippen LogP contribution in [0.2, 0.25) is 0 Å². The van der Waals surface area contributed by atoms with Gasteiger partial charge >= 0.3 is 0 Å². The third kappa shape index (κ3) is 3.23. The molecule has 0 atom stereocenters. The molecule has 4 heteroatoms. The van der Waals surface area contributed by atoms with E-state index in [1.54, 1.807) is 0 Å². The van der Waals surface area contributed by atoms with Gasteiger partial charge in [0.15, 0.2) is 0 Å². The molecule has 7 rings (SSSR count). The number of para-hydroxylation sites is 2. The molecular formula is C32H23N3S. The molecule has 0 amide bonds. The van der Waals surface area contributed by atoms with Gasteiger partial charge in [0.05, 0.1) is 17.6 Å². The molecular weight excluding hydrogens is 458 g/mol. The summed E-state index contributed by atoms with van der Waals surface area (Å²) in [5.74, 6) is 0.840. The van der Waals surface area contributed by atoms with Gasteiger partial charge in [-0.25, -0.2) is 4.99 Å². The van der Waals surface area contributed by atoms with Gasteiger partial charge in [0.2, 0.25) is 5.96 Å². The van der Waals surface area contributed by atoms with Crippen molar-refractivity contribution in [2.24, 2.45) is 4.99 Å². The highest BCUT2D eigenvalue weighted by atomic mass is 32.1. The van der Waals surface area contributed by atoms with E-state index in [2.05, 4.69) is 107 Å². The summed E-state index contributed by atoms with van der Waals surface area (Å²) in [4.78, 5) is 7.30. The lowest BCUT2D eigenvalue weighted by Crippen LogP contribution is -2.35. The fourth-order valence-corrected chi connectivity index (χ4v) is 6.27. The number of hydrogen-bond donors (Lipinski definition) is 0. The minimum absolute atomic E-state index is 0.577. The van der Waals surface area contributed by atoms with Crippen LogP contribution < -0.4 is 4.90 Å². The van der Waals surface area contributed by atoms with Crippen LogP contribution in [0.4, 0.5) is 5.69 Å². The largest absolute Gasteiger partial charge is 0.281 e. The number of fused-ring (bicyclic) bond motifs is 6. The first-order valence-electron chi connectivity index (χ1n) is 12.1. The van der Waals surface area contributed by atoms with E-state index in [1.807, 2.05) is 35.6 Å². The van der Waals surface area contributed by atoms with Gasteiger partial charge in [-0.3, -0.25) is 9.47 Å². The quantitative estimate of drug-likeness (QED) is 0.230. The molecule has 3 nitrogen and oxygen atoms in total. The topological polar surface area (TPSA) is 20.5 Å². The SMILES string of the molecule is C=C1/C=C\C=C/C/N=C(/n2c3ccccc3c3cc4sc5ccccc5c4cc32)N1c1ccccc1. The molecule has 3 heterocycles. The standard InChI is InChI=1S/C32H23N3S/c1-22-12-4-3-11-19-33-32(34(22)23-13-5-2-6-14-23)35-28-17-9-7-15-24(28)26-21-31-27(20-29(26)35)25-16-8-10-18-30(25)36-31/h2-18,20-21H,1,19H2/b11-3-,12-4-,33-32+. The molecule has 4 aromatic carbocycles. The van der Waals surface area contributed by atoms with Gasteiger partial charge in [-0.05, 0) is 42.5 Å². The molecule has 0 saturated heterocycles. The van der Waals surface area contributed by atoms with Crippen molar-refractivity contribution in [3.8, 4) is 0 Å². The molecule has 0 radical (unpaired) electrons. The van der Waals surface area contributed by atoms with Crippen LogP contribution in [0, 0.1) is 0 Å². The number of hydrogen-bond acceptors (Lipinski definition) is 3. The summed E-state index contributed by atoms with van der Waals surface area (Å²) < 4.78 is 4.92. The van der Waals surface area contributed by atoms with Gasteiger partial charge in [0.1, 0.15) is 0 Å². The Morgan fingerprint density at radius 1 is 0.694 bits per heavy atom. The summed E-state index contributed by atoms with van der Waals surface area (Å²) in [5, 5.41) is 5.03. The number of aromatic nitrogens is 1. The minimum atomic E-state index is 0.577. The van der Waals surface area contributed by atoms with E-state index in [4.69, 9.17) is 4.99 Å². The van der Waals surface area contributed by atoms with Crippen LogP contribution in [0.5, 0.6) is 0 Å². The molecule has 6 aromatic rings. The molecule has 0 spiro atoms. The molecule has 172 valence electrons. The van der Waals surface area contributed by atoms with Gasteiger partial charge < -0.3 is 0 Å². The van der Waals surface area contributed by atoms with E-state index in [-0.39, 0.29) is 0 Å². The molecule has 36 heavy (non-hydrogen) atoms. The van der Waals surface area contributed by atoms with Crippen molar-refractivity contribution >= 4 is 65.0 Å². The molecule has 0 fully saturated rings. The van der Waals surface area contributed by atoms with E-state index in [1.165, 1.54) is 30.9 Å². The van der Waals surface area contributed by atoms with Crippen LogP contribution in [-0.2, 0) is 0 Å². The maximum Gasteiger partial charge on any atom is 0.215 e. The normalized spacial score (nSPS) is 17.7. The predicted molar refractivity (Wildman–Crippen MR) is 156 cm³/mol. The van der Waals surface area contributed by atoms with Crippen LogP contribution in [0.1, 0.15) is 0 Å². The van der Waals surface area contributed by atoms with Crippen molar-refractivity contribution in [2.75, 3.05) is 11.4 Å². The Labute approximate surface area is 213 Å². The molecule has 0 bridgehead atoms. The third-order valence-electron chi connectivity index (χ3n) is 6.75. The van der Waals surface area contributed by atoms with Crippen LogP contribution in [0.25, 0.3) is 42.0 Å². The zero-order valence-electron chi connectivity index (χ0n) is 19.6. The maximum atomic E-state index is 5.14. The molecule has 0 unspecified atom stereocenters. The summed E-state index contributed by atoms with van der Waals surface area (Å²) >= 11 is 1.85. The second kappa shape index (κ2) is 8.36. The highest BCUT2D eigenvalue weighted by Gasteiger charge is 2.23. The van der Waals surface area contributed by atoms with Gasteiger partial charge in [-0.1, -0.05) is 79.4 Å². The number of benzene rings is 4. The molecule has 0 N–H and O–H groups in total. The van der Waals surface area contributed by atoms with Crippen LogP contribution in [-0.4, -0.2) is 17.1 Å². The summed E-state index contributed by atoms with van der Waals surface area (Å²) in [7, 11) is 0. The predicted octanol–water partition coefficient (Wildman–Crippen LogP) is 8.51.